The number of hydrogen-bond acceptors (Lipinski definition) is 5. The number of fused-ring (bicyclic) bond motifs is 1. The number of rotatable bonds is 7. The Morgan fingerprint density at radius 3 is 2.62 bits per heavy atom. The molecule has 40 heavy (non-hydrogen) atoms. The van der Waals surface area contributed by atoms with Gasteiger partial charge in [0.25, 0.3) is 0 Å². The van der Waals surface area contributed by atoms with Crippen molar-refractivity contribution >= 4 is 40.9 Å². The molecule has 1 aliphatic carbocycles. The van der Waals surface area contributed by atoms with Crippen molar-refractivity contribution in [1.29, 1.82) is 0 Å². The van der Waals surface area contributed by atoms with Crippen molar-refractivity contribution in [3.05, 3.63) is 58.6 Å². The molecule has 2 atom stereocenters. The molecule has 3 amide bonds. The molecule has 1 saturated heterocycles. The van der Waals surface area contributed by atoms with E-state index in [1.54, 1.807) is 28.0 Å². The lowest BCUT2D eigenvalue weighted by atomic mass is 9.87. The van der Waals surface area contributed by atoms with Gasteiger partial charge in [-0.05, 0) is 61.4 Å². The van der Waals surface area contributed by atoms with E-state index in [1.165, 1.54) is 7.11 Å². The van der Waals surface area contributed by atoms with Crippen molar-refractivity contribution in [3.8, 4) is 0 Å². The summed E-state index contributed by atoms with van der Waals surface area (Å²) in [6, 6.07) is 12.3. The van der Waals surface area contributed by atoms with Crippen LogP contribution in [0.25, 0.3) is 0 Å². The molecule has 2 aromatic carbocycles. The first-order valence-corrected chi connectivity index (χ1v) is 14.3. The Morgan fingerprint density at radius 1 is 1.10 bits per heavy atom. The molecule has 0 spiro atoms. The average molecular weight is 572 g/mol. The number of methoxy groups -OCH3 is 1. The van der Waals surface area contributed by atoms with Crippen molar-refractivity contribution in [3.63, 3.8) is 0 Å². The number of hydrogen-bond donors (Lipinski definition) is 1. The molecular weight excluding hydrogens is 537 g/mol. The van der Waals surface area contributed by atoms with E-state index in [4.69, 9.17) is 21.1 Å². The van der Waals surface area contributed by atoms with Crippen LogP contribution in [0, 0.1) is 5.92 Å². The number of esters is 1. The normalized spacial score (nSPS) is 24.1. The Morgan fingerprint density at radius 2 is 1.88 bits per heavy atom. The quantitative estimate of drug-likeness (QED) is 0.464. The van der Waals surface area contributed by atoms with Gasteiger partial charge in [-0.15, -0.1) is 0 Å². The smallest absolute Gasteiger partial charge is 0.326 e. The first kappa shape index (κ1) is 28.4. The molecule has 0 bridgehead atoms. The van der Waals surface area contributed by atoms with E-state index < -0.39 is 6.17 Å². The van der Waals surface area contributed by atoms with Crippen LogP contribution in [-0.2, 0) is 31.9 Å². The van der Waals surface area contributed by atoms with E-state index >= 15 is 0 Å². The average Bonchev–Trinajstić information content (AvgIpc) is 3.56. The first-order chi connectivity index (χ1) is 19.3. The number of amides is 3. The van der Waals surface area contributed by atoms with E-state index in [2.05, 4.69) is 5.32 Å². The number of benzene rings is 2. The number of likely N-dealkylation sites (tertiary alicyclic amines) is 1. The monoisotopic (exact) mass is 571 g/mol. The Balaban J connectivity index is 1.14. The van der Waals surface area contributed by atoms with Gasteiger partial charge < -0.3 is 19.7 Å². The molecule has 8 nitrogen and oxygen atoms in total. The van der Waals surface area contributed by atoms with Crippen LogP contribution in [0.3, 0.4) is 0 Å². The molecule has 2 heterocycles. The molecule has 0 aromatic heterocycles. The summed E-state index contributed by atoms with van der Waals surface area (Å²) >= 11 is 6.48. The summed E-state index contributed by atoms with van der Waals surface area (Å²) in [6.45, 7) is 0.909. The number of halogens is 2. The number of nitrogens with zero attached hydrogens (tertiary/aromatic N) is 2. The highest BCUT2D eigenvalue weighted by Crippen LogP contribution is 2.31. The second-order valence-corrected chi connectivity index (χ2v) is 11.2. The van der Waals surface area contributed by atoms with Crippen molar-refractivity contribution in [2.45, 2.75) is 63.3 Å². The second-order valence-electron chi connectivity index (χ2n) is 10.8. The first-order valence-electron chi connectivity index (χ1n) is 13.9. The molecular formula is C30H35ClFN3O5. The molecule has 5 rings (SSSR count). The van der Waals surface area contributed by atoms with Gasteiger partial charge in [-0.3, -0.25) is 14.5 Å². The SMILES string of the molecule is COC(=O)C1CCC(OC[C@@H]2C[C@H](F)CN2C(=O)Cc2ccc(NC(=O)N3CCc4ccccc43)c(Cl)c2)CC1. The van der Waals surface area contributed by atoms with Gasteiger partial charge in [0.2, 0.25) is 5.91 Å². The van der Waals surface area contributed by atoms with Crippen LogP contribution in [0.1, 0.15) is 43.2 Å². The van der Waals surface area contributed by atoms with Crippen molar-refractivity contribution in [2.75, 3.05) is 37.0 Å². The van der Waals surface area contributed by atoms with Crippen LogP contribution < -0.4 is 10.2 Å². The summed E-state index contributed by atoms with van der Waals surface area (Å²) in [5, 5.41) is 3.20. The predicted octanol–water partition coefficient (Wildman–Crippen LogP) is 5.16. The van der Waals surface area contributed by atoms with E-state index in [0.717, 1.165) is 30.5 Å². The molecule has 1 saturated carbocycles. The van der Waals surface area contributed by atoms with Crippen LogP contribution in [0.2, 0.25) is 5.02 Å². The van der Waals surface area contributed by atoms with Crippen molar-refractivity contribution in [2.24, 2.45) is 5.92 Å². The zero-order valence-corrected chi connectivity index (χ0v) is 23.4. The third kappa shape index (κ3) is 6.41. The fourth-order valence-electron chi connectivity index (χ4n) is 5.98. The Bertz CT molecular complexity index is 1250. The van der Waals surface area contributed by atoms with E-state index in [-0.39, 0.29) is 62.0 Å². The summed E-state index contributed by atoms with van der Waals surface area (Å²) in [4.78, 5) is 41.1. The summed E-state index contributed by atoms with van der Waals surface area (Å²) in [5.41, 5.74) is 3.17. The zero-order valence-electron chi connectivity index (χ0n) is 22.6. The van der Waals surface area contributed by atoms with Crippen LogP contribution in [0.5, 0.6) is 0 Å². The molecule has 214 valence electrons. The van der Waals surface area contributed by atoms with Crippen LogP contribution >= 0.6 is 11.6 Å². The highest BCUT2D eigenvalue weighted by atomic mass is 35.5. The van der Waals surface area contributed by atoms with E-state index in [0.29, 0.717) is 35.7 Å². The molecule has 2 aliphatic heterocycles. The van der Waals surface area contributed by atoms with Gasteiger partial charge in [0.15, 0.2) is 0 Å². The summed E-state index contributed by atoms with van der Waals surface area (Å²) < 4.78 is 25.3. The lowest BCUT2D eigenvalue weighted by Gasteiger charge is -2.30. The maximum atomic E-state index is 14.4. The molecule has 0 radical (unpaired) electrons. The third-order valence-corrected chi connectivity index (χ3v) is 8.49. The Labute approximate surface area is 238 Å². The predicted molar refractivity (Wildman–Crippen MR) is 150 cm³/mol. The van der Waals surface area contributed by atoms with Crippen molar-refractivity contribution < 1.29 is 28.2 Å². The molecule has 10 heteroatoms. The minimum atomic E-state index is -1.09. The minimum absolute atomic E-state index is 0.00730. The number of carbonyl (C=O) groups is 3. The molecule has 2 fully saturated rings. The lowest BCUT2D eigenvalue weighted by molar-refractivity contribution is -0.148. The Kier molecular flexibility index (Phi) is 8.90. The highest BCUT2D eigenvalue weighted by molar-refractivity contribution is 6.34. The van der Waals surface area contributed by atoms with E-state index in [9.17, 15) is 18.8 Å². The van der Waals surface area contributed by atoms with Gasteiger partial charge >= 0.3 is 12.0 Å². The zero-order chi connectivity index (χ0) is 28.2. The largest absolute Gasteiger partial charge is 0.469 e. The second kappa shape index (κ2) is 12.6. The van der Waals surface area contributed by atoms with Gasteiger partial charge in [-0.2, -0.15) is 0 Å². The van der Waals surface area contributed by atoms with Gasteiger partial charge in [0, 0.05) is 18.7 Å². The number of anilines is 2. The Hall–Kier alpha value is -3.17. The highest BCUT2D eigenvalue weighted by Gasteiger charge is 2.36. The van der Waals surface area contributed by atoms with E-state index in [1.807, 2.05) is 24.3 Å². The summed E-state index contributed by atoms with van der Waals surface area (Å²) in [6.07, 6.45) is 2.91. The van der Waals surface area contributed by atoms with Gasteiger partial charge in [0.1, 0.15) is 6.17 Å². The summed E-state index contributed by atoms with van der Waals surface area (Å²) in [5.74, 6) is -0.461. The number of ether oxygens (including phenoxy) is 2. The summed E-state index contributed by atoms with van der Waals surface area (Å²) in [7, 11) is 1.40. The maximum absolute atomic E-state index is 14.4. The molecule has 0 unspecified atom stereocenters. The van der Waals surface area contributed by atoms with Crippen molar-refractivity contribution in [1.82, 2.24) is 4.90 Å². The van der Waals surface area contributed by atoms with Gasteiger partial charge in [-0.25, -0.2) is 9.18 Å². The fraction of sp³-hybridized carbons (Fsp3) is 0.500. The van der Waals surface area contributed by atoms with Crippen LogP contribution in [0.15, 0.2) is 42.5 Å². The third-order valence-electron chi connectivity index (χ3n) is 8.18. The number of nitrogens with one attached hydrogen (secondary N) is 1. The van der Waals surface area contributed by atoms with Crippen LogP contribution in [-0.4, -0.2) is 67.9 Å². The molecule has 3 aliphatic rings. The standard InChI is InChI=1S/C30H35ClFN3O5/c1-39-29(37)21-7-9-24(10-8-21)40-18-23-16-22(32)17-35(23)28(36)15-19-6-11-26(25(31)14-19)33-30(38)34-13-12-20-4-2-3-5-27(20)34/h2-6,11,14,21-24H,7-10,12-13,15-18H2,1H3,(H,33,38)/t21?,22-,23-,24?/m0/s1. The van der Waals surface area contributed by atoms with Gasteiger partial charge in [0.05, 0.1) is 55.5 Å². The maximum Gasteiger partial charge on any atom is 0.326 e. The minimum Gasteiger partial charge on any atom is -0.469 e. The molecule has 1 N–H and O–H groups in total. The number of urea groups is 1. The number of para-hydroxylation sites is 1. The van der Waals surface area contributed by atoms with Gasteiger partial charge in [-0.1, -0.05) is 35.9 Å². The van der Waals surface area contributed by atoms with Crippen LogP contribution in [0.4, 0.5) is 20.6 Å². The molecule has 2 aromatic rings. The fourth-order valence-corrected chi connectivity index (χ4v) is 6.23. The topological polar surface area (TPSA) is 88.2 Å². The lowest BCUT2D eigenvalue weighted by Crippen LogP contribution is -2.40. The number of alkyl halides is 1. The number of carbonyl (C=O) groups excluding carboxylic acids is 3.